The van der Waals surface area contributed by atoms with E-state index in [9.17, 15) is 8.42 Å². The molecule has 2 saturated heterocycles. The molecule has 0 aromatic rings. The van der Waals surface area contributed by atoms with Gasteiger partial charge in [0.05, 0.1) is 5.75 Å². The summed E-state index contributed by atoms with van der Waals surface area (Å²) in [6.07, 6.45) is 1.59. The number of nitrogens with zero attached hydrogens (tertiary/aromatic N) is 1. The van der Waals surface area contributed by atoms with Crippen LogP contribution in [0.1, 0.15) is 12.8 Å². The SMILES string of the molecule is O=S1(=O)CCNCCN1C1CCCO1. The van der Waals surface area contributed by atoms with Crippen LogP contribution in [0.3, 0.4) is 0 Å². The molecule has 0 aliphatic carbocycles. The van der Waals surface area contributed by atoms with E-state index in [1.165, 1.54) is 4.31 Å². The van der Waals surface area contributed by atoms with Crippen molar-refractivity contribution in [1.29, 1.82) is 0 Å². The zero-order valence-corrected chi connectivity index (χ0v) is 8.92. The number of rotatable bonds is 1. The van der Waals surface area contributed by atoms with E-state index in [-0.39, 0.29) is 12.0 Å². The Balaban J connectivity index is 2.12. The minimum absolute atomic E-state index is 0.187. The molecule has 1 unspecified atom stereocenters. The van der Waals surface area contributed by atoms with Crippen LogP contribution in [0.2, 0.25) is 0 Å². The summed E-state index contributed by atoms with van der Waals surface area (Å²) >= 11 is 0. The van der Waals surface area contributed by atoms with Gasteiger partial charge in [0.1, 0.15) is 6.23 Å². The third kappa shape index (κ3) is 2.08. The Morgan fingerprint density at radius 1 is 1.36 bits per heavy atom. The first-order chi connectivity index (χ1) is 6.70. The summed E-state index contributed by atoms with van der Waals surface area (Å²) in [5, 5.41) is 3.08. The molecule has 0 bridgehead atoms. The molecule has 0 aromatic carbocycles. The van der Waals surface area contributed by atoms with Gasteiger partial charge in [0, 0.05) is 26.2 Å². The lowest BCUT2D eigenvalue weighted by Crippen LogP contribution is -2.41. The maximum absolute atomic E-state index is 11.8. The number of hydrogen-bond donors (Lipinski definition) is 1. The molecule has 2 rings (SSSR count). The fourth-order valence-electron chi connectivity index (χ4n) is 1.88. The van der Waals surface area contributed by atoms with Crippen LogP contribution in [-0.4, -0.2) is 50.9 Å². The molecule has 14 heavy (non-hydrogen) atoms. The van der Waals surface area contributed by atoms with E-state index in [1.54, 1.807) is 0 Å². The van der Waals surface area contributed by atoms with E-state index in [1.807, 2.05) is 0 Å². The molecule has 1 N–H and O–H groups in total. The van der Waals surface area contributed by atoms with Crippen LogP contribution in [-0.2, 0) is 14.8 Å². The third-order valence-corrected chi connectivity index (χ3v) is 4.48. The van der Waals surface area contributed by atoms with Crippen molar-refractivity contribution in [3.05, 3.63) is 0 Å². The Labute approximate surface area is 84.5 Å². The molecule has 0 spiro atoms. The molecule has 2 aliphatic rings. The maximum Gasteiger partial charge on any atom is 0.217 e. The van der Waals surface area contributed by atoms with Gasteiger partial charge in [-0.25, -0.2) is 8.42 Å². The molecule has 0 aromatic heterocycles. The normalized spacial score (nSPS) is 34.1. The van der Waals surface area contributed by atoms with Crippen LogP contribution in [0.5, 0.6) is 0 Å². The Hall–Kier alpha value is -0.170. The highest BCUT2D eigenvalue weighted by Crippen LogP contribution is 2.20. The van der Waals surface area contributed by atoms with E-state index in [2.05, 4.69) is 5.32 Å². The van der Waals surface area contributed by atoms with Crippen LogP contribution in [0.4, 0.5) is 0 Å². The van der Waals surface area contributed by atoms with Gasteiger partial charge in [-0.2, -0.15) is 4.31 Å². The first-order valence-corrected chi connectivity index (χ1v) is 6.63. The zero-order valence-electron chi connectivity index (χ0n) is 8.11. The van der Waals surface area contributed by atoms with E-state index in [0.29, 0.717) is 19.7 Å². The van der Waals surface area contributed by atoms with E-state index >= 15 is 0 Å². The summed E-state index contributed by atoms with van der Waals surface area (Å²) in [5.74, 6) is 0.187. The predicted octanol–water partition coefficient (Wildman–Crippen LogP) is -0.642. The second-order valence-electron chi connectivity index (χ2n) is 3.64. The van der Waals surface area contributed by atoms with Crippen molar-refractivity contribution in [1.82, 2.24) is 9.62 Å². The Kier molecular flexibility index (Phi) is 3.06. The number of nitrogens with one attached hydrogen (secondary N) is 1. The smallest absolute Gasteiger partial charge is 0.217 e. The molecule has 6 heteroatoms. The molecule has 0 saturated carbocycles. The van der Waals surface area contributed by atoms with Crippen molar-refractivity contribution in [2.75, 3.05) is 32.0 Å². The van der Waals surface area contributed by atoms with Gasteiger partial charge in [-0.1, -0.05) is 0 Å². The average Bonchev–Trinajstić information content (AvgIpc) is 2.57. The lowest BCUT2D eigenvalue weighted by molar-refractivity contribution is 0.0295. The van der Waals surface area contributed by atoms with Gasteiger partial charge in [-0.05, 0) is 12.8 Å². The van der Waals surface area contributed by atoms with Gasteiger partial charge in [0.25, 0.3) is 0 Å². The molecule has 2 fully saturated rings. The zero-order chi connectivity index (χ0) is 10.0. The summed E-state index contributed by atoms with van der Waals surface area (Å²) in [6, 6.07) is 0. The van der Waals surface area contributed by atoms with Crippen molar-refractivity contribution >= 4 is 10.0 Å². The second-order valence-corrected chi connectivity index (χ2v) is 5.69. The van der Waals surface area contributed by atoms with Crippen molar-refractivity contribution < 1.29 is 13.2 Å². The Morgan fingerprint density at radius 2 is 2.21 bits per heavy atom. The number of sulfonamides is 1. The lowest BCUT2D eigenvalue weighted by atomic mass is 10.3. The monoisotopic (exact) mass is 220 g/mol. The fraction of sp³-hybridized carbons (Fsp3) is 1.00. The van der Waals surface area contributed by atoms with Crippen LogP contribution in [0, 0.1) is 0 Å². The highest BCUT2D eigenvalue weighted by atomic mass is 32.2. The molecular formula is C8H16N2O3S. The second kappa shape index (κ2) is 4.14. The fourth-order valence-corrected chi connectivity index (χ4v) is 3.41. The Morgan fingerprint density at radius 3 is 2.93 bits per heavy atom. The molecule has 0 amide bonds. The summed E-state index contributed by atoms with van der Waals surface area (Å²) < 4.78 is 30.5. The third-order valence-electron chi connectivity index (χ3n) is 2.63. The van der Waals surface area contributed by atoms with Gasteiger partial charge in [-0.15, -0.1) is 0 Å². The molecule has 1 atom stereocenters. The average molecular weight is 220 g/mol. The highest BCUT2D eigenvalue weighted by Gasteiger charge is 2.33. The summed E-state index contributed by atoms with van der Waals surface area (Å²) in [5.41, 5.74) is 0. The quantitative estimate of drug-likeness (QED) is 0.638. The molecule has 0 radical (unpaired) electrons. The van der Waals surface area contributed by atoms with E-state index in [4.69, 9.17) is 4.74 Å². The summed E-state index contributed by atoms with van der Waals surface area (Å²) in [7, 11) is -3.10. The van der Waals surface area contributed by atoms with Crippen molar-refractivity contribution in [2.24, 2.45) is 0 Å². The van der Waals surface area contributed by atoms with Gasteiger partial charge < -0.3 is 10.1 Å². The first-order valence-electron chi connectivity index (χ1n) is 5.02. The van der Waals surface area contributed by atoms with E-state index < -0.39 is 10.0 Å². The standard InChI is InChI=1S/C8H16N2O3S/c11-14(12)7-4-9-3-5-10(14)8-2-1-6-13-8/h8-9H,1-7H2. The maximum atomic E-state index is 11.8. The van der Waals surface area contributed by atoms with Crippen LogP contribution < -0.4 is 5.32 Å². The minimum atomic E-state index is -3.10. The van der Waals surface area contributed by atoms with Crippen LogP contribution >= 0.6 is 0 Å². The van der Waals surface area contributed by atoms with Crippen molar-refractivity contribution in [2.45, 2.75) is 19.1 Å². The summed E-state index contributed by atoms with van der Waals surface area (Å²) in [6.45, 7) is 2.49. The molecule has 2 heterocycles. The lowest BCUT2D eigenvalue weighted by Gasteiger charge is -2.24. The molecule has 2 aliphatic heterocycles. The topological polar surface area (TPSA) is 58.6 Å². The summed E-state index contributed by atoms with van der Waals surface area (Å²) in [4.78, 5) is 0. The van der Waals surface area contributed by atoms with Gasteiger partial charge in [0.15, 0.2) is 0 Å². The molecule has 82 valence electrons. The molecule has 5 nitrogen and oxygen atoms in total. The first kappa shape index (κ1) is 10.4. The number of ether oxygens (including phenoxy) is 1. The van der Waals surface area contributed by atoms with Gasteiger partial charge in [-0.3, -0.25) is 0 Å². The largest absolute Gasteiger partial charge is 0.362 e. The number of hydrogen-bond acceptors (Lipinski definition) is 4. The molecular weight excluding hydrogens is 204 g/mol. The van der Waals surface area contributed by atoms with Crippen LogP contribution in [0.15, 0.2) is 0 Å². The van der Waals surface area contributed by atoms with E-state index in [0.717, 1.165) is 19.4 Å². The predicted molar refractivity (Wildman–Crippen MR) is 52.3 cm³/mol. The van der Waals surface area contributed by atoms with Gasteiger partial charge >= 0.3 is 0 Å². The van der Waals surface area contributed by atoms with Crippen LogP contribution in [0.25, 0.3) is 0 Å². The van der Waals surface area contributed by atoms with Crippen molar-refractivity contribution in [3.63, 3.8) is 0 Å². The Bertz CT molecular complexity index is 285. The minimum Gasteiger partial charge on any atom is -0.362 e. The van der Waals surface area contributed by atoms with Crippen molar-refractivity contribution in [3.8, 4) is 0 Å². The highest BCUT2D eigenvalue weighted by molar-refractivity contribution is 7.89. The van der Waals surface area contributed by atoms with Gasteiger partial charge in [0.2, 0.25) is 10.0 Å².